The second-order valence-corrected chi connectivity index (χ2v) is 8.76. The summed E-state index contributed by atoms with van der Waals surface area (Å²) in [6.45, 7) is -0.534. The molecule has 0 saturated heterocycles. The lowest BCUT2D eigenvalue weighted by Crippen LogP contribution is -2.58. The summed E-state index contributed by atoms with van der Waals surface area (Å²) in [5.74, 6) is -5.61. The van der Waals surface area contributed by atoms with Crippen molar-refractivity contribution in [3.8, 4) is 0 Å². The number of aliphatic carboxylic acids is 2. The Bertz CT molecular complexity index is 1140. The van der Waals surface area contributed by atoms with E-state index in [0.29, 0.717) is 19.4 Å². The number of amides is 3. The number of aliphatic hydroxyl groups excluding tert-OH is 1. The first-order valence-corrected chi connectivity index (χ1v) is 12.0. The molecule has 208 valence electrons. The van der Waals surface area contributed by atoms with E-state index >= 15 is 0 Å². The average molecular weight is 535 g/mol. The number of aromatic amines is 1. The number of hydrogen-bond donors (Lipinski definition) is 9. The molecule has 4 unspecified atom stereocenters. The van der Waals surface area contributed by atoms with E-state index in [4.69, 9.17) is 11.5 Å². The number of unbranched alkanes of at least 4 members (excludes halogenated alkanes) is 1. The maximum Gasteiger partial charge on any atom is 0.326 e. The minimum atomic E-state index is -1.66. The van der Waals surface area contributed by atoms with E-state index in [9.17, 15) is 39.3 Å². The van der Waals surface area contributed by atoms with E-state index in [2.05, 4.69) is 20.9 Å². The number of nitrogens with one attached hydrogen (secondary N) is 4. The second-order valence-electron chi connectivity index (χ2n) is 8.76. The largest absolute Gasteiger partial charge is 0.481 e. The number of H-pyrrole nitrogens is 1. The highest BCUT2D eigenvalue weighted by molar-refractivity contribution is 5.95. The number of rotatable bonds is 16. The lowest BCUT2D eigenvalue weighted by molar-refractivity contribution is -0.144. The van der Waals surface area contributed by atoms with E-state index in [0.717, 1.165) is 16.5 Å². The number of para-hydroxylation sites is 1. The molecule has 14 nitrogen and oxygen atoms in total. The minimum absolute atomic E-state index is 0.0512. The highest BCUT2D eigenvalue weighted by atomic mass is 16.4. The van der Waals surface area contributed by atoms with Crippen LogP contribution in [0.2, 0.25) is 0 Å². The van der Waals surface area contributed by atoms with Crippen molar-refractivity contribution < 1.29 is 39.3 Å². The third-order valence-electron chi connectivity index (χ3n) is 5.84. The number of aromatic nitrogens is 1. The molecule has 0 radical (unpaired) electrons. The predicted octanol–water partition coefficient (Wildman–Crippen LogP) is -1.83. The maximum atomic E-state index is 12.7. The molecule has 3 amide bonds. The Morgan fingerprint density at radius 2 is 1.53 bits per heavy atom. The van der Waals surface area contributed by atoms with Crippen LogP contribution in [0.3, 0.4) is 0 Å². The van der Waals surface area contributed by atoms with Crippen molar-refractivity contribution in [1.82, 2.24) is 20.9 Å². The van der Waals surface area contributed by atoms with Gasteiger partial charge >= 0.3 is 11.9 Å². The number of hydrogen-bond acceptors (Lipinski definition) is 8. The van der Waals surface area contributed by atoms with Crippen LogP contribution in [0, 0.1) is 0 Å². The summed E-state index contributed by atoms with van der Waals surface area (Å²) < 4.78 is 0. The van der Waals surface area contributed by atoms with Crippen molar-refractivity contribution in [3.05, 3.63) is 36.0 Å². The zero-order valence-electron chi connectivity index (χ0n) is 20.7. The van der Waals surface area contributed by atoms with Crippen molar-refractivity contribution in [2.75, 3.05) is 13.2 Å². The fraction of sp³-hybridized carbons (Fsp3) is 0.458. The van der Waals surface area contributed by atoms with E-state index in [1.807, 2.05) is 24.3 Å². The van der Waals surface area contributed by atoms with Gasteiger partial charge in [0, 0.05) is 17.1 Å². The van der Waals surface area contributed by atoms with Gasteiger partial charge in [0.15, 0.2) is 0 Å². The molecule has 0 aliphatic carbocycles. The average Bonchev–Trinajstić information content (AvgIpc) is 3.28. The fourth-order valence-electron chi connectivity index (χ4n) is 3.78. The Kier molecular flexibility index (Phi) is 11.7. The standard InChI is InChI=1S/C24H34N6O8/c25-8-4-3-7-17(24(37)38)28-22(35)18(10-20(32)33)29-23(36)19(12-31)30-21(34)15(26)9-13-11-27-16-6-2-1-5-14(13)16/h1-2,5-6,11,15,17-19,27,31H,3-4,7-10,12,25-26H2,(H,28,35)(H,29,36)(H,30,34)(H,32,33)(H,37,38). The Balaban J connectivity index is 2.03. The van der Waals surface area contributed by atoms with Crippen molar-refractivity contribution in [2.45, 2.75) is 56.3 Å². The number of benzene rings is 1. The van der Waals surface area contributed by atoms with Gasteiger partial charge in [-0.3, -0.25) is 19.2 Å². The van der Waals surface area contributed by atoms with E-state index < -0.39 is 66.9 Å². The van der Waals surface area contributed by atoms with Gasteiger partial charge < -0.3 is 47.7 Å². The van der Waals surface area contributed by atoms with Crippen molar-refractivity contribution >= 4 is 40.6 Å². The van der Waals surface area contributed by atoms with Crippen LogP contribution in [0.5, 0.6) is 0 Å². The second kappa shape index (κ2) is 14.7. The van der Waals surface area contributed by atoms with Crippen LogP contribution in [0.1, 0.15) is 31.2 Å². The molecule has 0 aliphatic rings. The normalized spacial score (nSPS) is 14.2. The zero-order valence-corrected chi connectivity index (χ0v) is 20.7. The van der Waals surface area contributed by atoms with Crippen LogP contribution < -0.4 is 27.4 Å². The quantitative estimate of drug-likeness (QED) is 0.109. The van der Waals surface area contributed by atoms with Crippen LogP contribution in [0.15, 0.2) is 30.5 Å². The molecule has 1 heterocycles. The molecule has 1 aromatic carbocycles. The molecule has 2 aromatic rings. The van der Waals surface area contributed by atoms with Gasteiger partial charge in [-0.1, -0.05) is 18.2 Å². The number of nitrogens with two attached hydrogens (primary N) is 2. The summed E-state index contributed by atoms with van der Waals surface area (Å²) >= 11 is 0. The first-order chi connectivity index (χ1) is 18.1. The van der Waals surface area contributed by atoms with Gasteiger partial charge in [-0.2, -0.15) is 0 Å². The zero-order chi connectivity index (χ0) is 28.2. The Labute approximate surface area is 218 Å². The monoisotopic (exact) mass is 534 g/mol. The summed E-state index contributed by atoms with van der Waals surface area (Å²) in [7, 11) is 0. The molecule has 0 fully saturated rings. The highest BCUT2D eigenvalue weighted by Gasteiger charge is 2.31. The Morgan fingerprint density at radius 3 is 2.16 bits per heavy atom. The topological polar surface area (TPSA) is 250 Å². The molecule has 0 aliphatic heterocycles. The Morgan fingerprint density at radius 1 is 0.895 bits per heavy atom. The number of carbonyl (C=O) groups excluding carboxylic acids is 3. The molecule has 11 N–H and O–H groups in total. The van der Waals surface area contributed by atoms with E-state index in [1.165, 1.54) is 0 Å². The Hall–Kier alpha value is -4.01. The van der Waals surface area contributed by atoms with Gasteiger partial charge in [-0.25, -0.2) is 4.79 Å². The minimum Gasteiger partial charge on any atom is -0.481 e. The van der Waals surface area contributed by atoms with E-state index in [-0.39, 0.29) is 12.8 Å². The van der Waals surface area contributed by atoms with Crippen molar-refractivity contribution in [3.63, 3.8) is 0 Å². The van der Waals surface area contributed by atoms with Gasteiger partial charge in [0.25, 0.3) is 0 Å². The van der Waals surface area contributed by atoms with E-state index in [1.54, 1.807) is 6.20 Å². The molecule has 38 heavy (non-hydrogen) atoms. The van der Waals surface area contributed by atoms with Gasteiger partial charge in [0.1, 0.15) is 18.1 Å². The lowest BCUT2D eigenvalue weighted by atomic mass is 10.0. The first-order valence-electron chi connectivity index (χ1n) is 12.0. The third kappa shape index (κ3) is 8.83. The first kappa shape index (κ1) is 30.2. The number of carboxylic acids is 2. The van der Waals surface area contributed by atoms with Crippen molar-refractivity contribution in [2.24, 2.45) is 11.5 Å². The number of carbonyl (C=O) groups is 5. The van der Waals surface area contributed by atoms with Gasteiger partial charge in [0.2, 0.25) is 17.7 Å². The molecule has 14 heteroatoms. The summed E-state index contributed by atoms with van der Waals surface area (Å²) in [5, 5.41) is 35.7. The maximum absolute atomic E-state index is 12.7. The molecule has 0 bridgehead atoms. The summed E-state index contributed by atoms with van der Waals surface area (Å²) in [4.78, 5) is 63.8. The molecule has 2 rings (SSSR count). The van der Waals surface area contributed by atoms with Crippen LogP contribution >= 0.6 is 0 Å². The molecule has 0 saturated carbocycles. The van der Waals surface area contributed by atoms with Crippen LogP contribution in [0.4, 0.5) is 0 Å². The molecule has 4 atom stereocenters. The number of fused-ring (bicyclic) bond motifs is 1. The predicted molar refractivity (Wildman–Crippen MR) is 136 cm³/mol. The summed E-state index contributed by atoms with van der Waals surface area (Å²) in [5.41, 5.74) is 13.0. The van der Waals surface area contributed by atoms with Gasteiger partial charge in [-0.05, 0) is 43.9 Å². The summed E-state index contributed by atoms with van der Waals surface area (Å²) in [6.07, 6.45) is 1.95. The van der Waals surface area contributed by atoms with Gasteiger partial charge in [-0.15, -0.1) is 0 Å². The fourth-order valence-corrected chi connectivity index (χ4v) is 3.78. The molecule has 1 aromatic heterocycles. The van der Waals surface area contributed by atoms with Crippen LogP contribution in [0.25, 0.3) is 10.9 Å². The lowest BCUT2D eigenvalue weighted by Gasteiger charge is -2.23. The smallest absolute Gasteiger partial charge is 0.326 e. The third-order valence-corrected chi connectivity index (χ3v) is 5.84. The number of aliphatic hydroxyl groups is 1. The van der Waals surface area contributed by atoms with Crippen LogP contribution in [-0.2, 0) is 30.4 Å². The highest BCUT2D eigenvalue weighted by Crippen LogP contribution is 2.18. The molecular formula is C24H34N6O8. The summed E-state index contributed by atoms with van der Waals surface area (Å²) in [6, 6.07) is 1.79. The molecular weight excluding hydrogens is 500 g/mol. The molecule has 0 spiro atoms. The van der Waals surface area contributed by atoms with Crippen LogP contribution in [-0.4, -0.2) is 87.3 Å². The van der Waals surface area contributed by atoms with Gasteiger partial charge in [0.05, 0.1) is 19.1 Å². The number of carboxylic acid groups (broad SMARTS) is 2. The SMILES string of the molecule is NCCCCC(NC(=O)C(CC(=O)O)NC(=O)C(CO)NC(=O)C(N)Cc1c[nH]c2ccccc12)C(=O)O. The van der Waals surface area contributed by atoms with Crippen molar-refractivity contribution in [1.29, 1.82) is 0 Å².